The van der Waals surface area contributed by atoms with Crippen molar-refractivity contribution >= 4 is 0 Å². The summed E-state index contributed by atoms with van der Waals surface area (Å²) < 4.78 is 0. The van der Waals surface area contributed by atoms with Crippen molar-refractivity contribution in [2.45, 2.75) is 57.2 Å². The largest absolute Gasteiger partial charge is 0.508 e. The Labute approximate surface area is 125 Å². The van der Waals surface area contributed by atoms with E-state index in [9.17, 15) is 15.3 Å². The van der Waals surface area contributed by atoms with Crippen molar-refractivity contribution < 1.29 is 15.3 Å². The number of aliphatic hydroxyl groups is 2. The van der Waals surface area contributed by atoms with Crippen molar-refractivity contribution in [1.29, 1.82) is 0 Å². The van der Waals surface area contributed by atoms with Gasteiger partial charge in [0, 0.05) is 6.42 Å². The second-order valence-corrected chi connectivity index (χ2v) is 7.58. The summed E-state index contributed by atoms with van der Waals surface area (Å²) in [5.41, 5.74) is 2.52. The SMILES string of the molecule is C[C@]12CC[C@@H]3c4ccc(O)cc4CC[C@H]3[C@@H]1C(O)CC2O. The molecule has 0 aromatic heterocycles. The minimum atomic E-state index is -0.364. The molecule has 3 N–H and O–H groups in total. The highest BCUT2D eigenvalue weighted by Gasteiger charge is 2.58. The van der Waals surface area contributed by atoms with Crippen molar-refractivity contribution in [2.75, 3.05) is 0 Å². The topological polar surface area (TPSA) is 60.7 Å². The average Bonchev–Trinajstić information content (AvgIpc) is 2.68. The van der Waals surface area contributed by atoms with Gasteiger partial charge in [-0.3, -0.25) is 0 Å². The molecule has 0 radical (unpaired) electrons. The van der Waals surface area contributed by atoms with E-state index in [-0.39, 0.29) is 23.5 Å². The first-order valence-electron chi connectivity index (χ1n) is 8.18. The molecule has 3 nitrogen and oxygen atoms in total. The first kappa shape index (κ1) is 13.6. The number of benzene rings is 1. The van der Waals surface area contributed by atoms with Crippen LogP contribution < -0.4 is 0 Å². The molecule has 0 amide bonds. The molecule has 0 aliphatic heterocycles. The fourth-order valence-electron chi connectivity index (χ4n) is 5.60. The van der Waals surface area contributed by atoms with E-state index in [4.69, 9.17) is 0 Å². The Hall–Kier alpha value is -1.06. The third kappa shape index (κ3) is 1.80. The number of hydrogen-bond acceptors (Lipinski definition) is 3. The van der Waals surface area contributed by atoms with Crippen LogP contribution in [0.5, 0.6) is 5.75 Å². The predicted octanol–water partition coefficient (Wildman–Crippen LogP) is 2.58. The van der Waals surface area contributed by atoms with E-state index >= 15 is 0 Å². The Bertz CT molecular complexity index is 570. The minimum Gasteiger partial charge on any atom is -0.508 e. The lowest BCUT2D eigenvalue weighted by Gasteiger charge is -2.50. The molecule has 114 valence electrons. The number of rotatable bonds is 0. The maximum atomic E-state index is 10.5. The molecule has 4 rings (SSSR count). The molecule has 2 unspecified atom stereocenters. The molecule has 1 aromatic carbocycles. The first-order chi connectivity index (χ1) is 10.0. The second-order valence-electron chi connectivity index (χ2n) is 7.58. The van der Waals surface area contributed by atoms with E-state index in [0.717, 1.165) is 25.7 Å². The summed E-state index contributed by atoms with van der Waals surface area (Å²) in [6.45, 7) is 2.17. The van der Waals surface area contributed by atoms with E-state index < -0.39 is 0 Å². The molecule has 2 saturated carbocycles. The van der Waals surface area contributed by atoms with Crippen molar-refractivity contribution in [3.63, 3.8) is 0 Å². The van der Waals surface area contributed by atoms with Crippen LogP contribution in [0, 0.1) is 17.3 Å². The summed E-state index contributed by atoms with van der Waals surface area (Å²) in [7, 11) is 0. The molecular formula is C18H24O3. The molecular weight excluding hydrogens is 264 g/mol. The van der Waals surface area contributed by atoms with Gasteiger partial charge in [-0.05, 0) is 72.1 Å². The van der Waals surface area contributed by atoms with Gasteiger partial charge in [0.15, 0.2) is 0 Å². The third-order valence-corrected chi connectivity index (χ3v) is 6.65. The number of aliphatic hydroxyl groups excluding tert-OH is 2. The van der Waals surface area contributed by atoms with Crippen LogP contribution in [0.3, 0.4) is 0 Å². The summed E-state index contributed by atoms with van der Waals surface area (Å²) in [5.74, 6) is 1.51. The first-order valence-corrected chi connectivity index (χ1v) is 8.18. The van der Waals surface area contributed by atoms with Crippen molar-refractivity contribution in [2.24, 2.45) is 17.3 Å². The molecule has 21 heavy (non-hydrogen) atoms. The smallest absolute Gasteiger partial charge is 0.115 e. The molecule has 0 bridgehead atoms. The van der Waals surface area contributed by atoms with Gasteiger partial charge >= 0.3 is 0 Å². The fourth-order valence-corrected chi connectivity index (χ4v) is 5.60. The molecule has 0 heterocycles. The van der Waals surface area contributed by atoms with E-state index in [2.05, 4.69) is 13.0 Å². The maximum absolute atomic E-state index is 10.5. The molecule has 3 aliphatic carbocycles. The van der Waals surface area contributed by atoms with Gasteiger partial charge in [-0.1, -0.05) is 13.0 Å². The van der Waals surface area contributed by atoms with Gasteiger partial charge in [-0.15, -0.1) is 0 Å². The van der Waals surface area contributed by atoms with Crippen LogP contribution in [0.4, 0.5) is 0 Å². The molecule has 1 aromatic rings. The maximum Gasteiger partial charge on any atom is 0.115 e. The number of hydrogen-bond donors (Lipinski definition) is 3. The van der Waals surface area contributed by atoms with Crippen LogP contribution in [0.15, 0.2) is 18.2 Å². The van der Waals surface area contributed by atoms with Gasteiger partial charge in [0.25, 0.3) is 0 Å². The van der Waals surface area contributed by atoms with Gasteiger partial charge in [-0.2, -0.15) is 0 Å². The van der Waals surface area contributed by atoms with E-state index in [0.29, 0.717) is 24.0 Å². The number of phenolic OH excluding ortho intramolecular Hbond substituents is 1. The zero-order chi connectivity index (χ0) is 14.8. The number of fused-ring (bicyclic) bond motifs is 5. The predicted molar refractivity (Wildman–Crippen MR) is 80.1 cm³/mol. The standard InChI is InChI=1S/C18H24O3/c1-18-7-6-13-12-5-3-11(19)8-10(12)2-4-14(13)17(18)15(20)9-16(18)21/h3,5,8,13-17,19-21H,2,4,6-7,9H2,1H3/t13-,14-,15?,16?,17-,18-/m1/s1. The molecule has 6 atom stereocenters. The fraction of sp³-hybridized carbons (Fsp3) is 0.667. The highest BCUT2D eigenvalue weighted by atomic mass is 16.3. The van der Waals surface area contributed by atoms with E-state index in [1.807, 2.05) is 6.07 Å². The number of phenols is 1. The van der Waals surface area contributed by atoms with Crippen molar-refractivity contribution in [3.05, 3.63) is 29.3 Å². The summed E-state index contributed by atoms with van der Waals surface area (Å²) in [4.78, 5) is 0. The minimum absolute atomic E-state index is 0.116. The molecule has 0 spiro atoms. The monoisotopic (exact) mass is 288 g/mol. The highest BCUT2D eigenvalue weighted by Crippen LogP contribution is 2.60. The lowest BCUT2D eigenvalue weighted by molar-refractivity contribution is -0.0440. The molecule has 2 fully saturated rings. The summed E-state index contributed by atoms with van der Waals surface area (Å²) >= 11 is 0. The van der Waals surface area contributed by atoms with Crippen LogP contribution in [-0.4, -0.2) is 27.5 Å². The zero-order valence-electron chi connectivity index (χ0n) is 12.5. The van der Waals surface area contributed by atoms with Crippen LogP contribution in [-0.2, 0) is 6.42 Å². The lowest BCUT2D eigenvalue weighted by atomic mass is 9.55. The average molecular weight is 288 g/mol. The molecule has 0 saturated heterocycles. The summed E-state index contributed by atoms with van der Waals surface area (Å²) in [6, 6.07) is 5.76. The second kappa shape index (κ2) is 4.47. The number of aromatic hydroxyl groups is 1. The Morgan fingerprint density at radius 1 is 1.19 bits per heavy atom. The summed E-state index contributed by atoms with van der Waals surface area (Å²) in [6.07, 6.45) is 3.91. The summed E-state index contributed by atoms with van der Waals surface area (Å²) in [5, 5.41) is 30.6. The van der Waals surface area contributed by atoms with E-state index in [1.54, 1.807) is 6.07 Å². The van der Waals surface area contributed by atoms with Gasteiger partial charge in [0.05, 0.1) is 12.2 Å². The third-order valence-electron chi connectivity index (χ3n) is 6.65. The normalized spacial score (nSPS) is 44.8. The Morgan fingerprint density at radius 3 is 2.81 bits per heavy atom. The molecule has 3 heteroatoms. The highest BCUT2D eigenvalue weighted by molar-refractivity contribution is 5.40. The van der Waals surface area contributed by atoms with Gasteiger partial charge in [0.2, 0.25) is 0 Å². The van der Waals surface area contributed by atoms with Gasteiger partial charge in [0.1, 0.15) is 5.75 Å². The van der Waals surface area contributed by atoms with Gasteiger partial charge < -0.3 is 15.3 Å². The lowest BCUT2D eigenvalue weighted by Crippen LogP contribution is -2.46. The molecule has 3 aliphatic rings. The van der Waals surface area contributed by atoms with Crippen LogP contribution >= 0.6 is 0 Å². The number of aryl methyl sites for hydroxylation is 1. The van der Waals surface area contributed by atoms with Crippen LogP contribution in [0.1, 0.15) is 49.7 Å². The van der Waals surface area contributed by atoms with Crippen LogP contribution in [0.25, 0.3) is 0 Å². The van der Waals surface area contributed by atoms with Crippen molar-refractivity contribution in [3.8, 4) is 5.75 Å². The quantitative estimate of drug-likeness (QED) is 0.687. The Morgan fingerprint density at radius 2 is 2.00 bits per heavy atom. The Kier molecular flexibility index (Phi) is 2.89. The van der Waals surface area contributed by atoms with Gasteiger partial charge in [-0.25, -0.2) is 0 Å². The van der Waals surface area contributed by atoms with Crippen LogP contribution in [0.2, 0.25) is 0 Å². The van der Waals surface area contributed by atoms with E-state index in [1.165, 1.54) is 11.1 Å². The van der Waals surface area contributed by atoms with Crippen molar-refractivity contribution in [1.82, 2.24) is 0 Å². The Balaban J connectivity index is 1.73. The zero-order valence-corrected chi connectivity index (χ0v) is 12.5.